The van der Waals surface area contributed by atoms with Crippen molar-refractivity contribution >= 4 is 18.0 Å². The number of rotatable bonds is 9. The van der Waals surface area contributed by atoms with Gasteiger partial charge in [-0.3, -0.25) is 0 Å². The van der Waals surface area contributed by atoms with E-state index in [0.29, 0.717) is 31.2 Å². The zero-order valence-corrected chi connectivity index (χ0v) is 14.4. The predicted molar refractivity (Wildman–Crippen MR) is 90.1 cm³/mol. The fourth-order valence-corrected chi connectivity index (χ4v) is 1.44. The fourth-order valence-electron chi connectivity index (χ4n) is 1.44. The minimum absolute atomic E-state index is 0.324. The molecule has 1 aromatic heterocycles. The van der Waals surface area contributed by atoms with Crippen LogP contribution in [0, 0.1) is 5.92 Å². The molecule has 4 N–H and O–H groups in total. The van der Waals surface area contributed by atoms with Gasteiger partial charge in [0, 0.05) is 30.6 Å². The maximum absolute atomic E-state index is 11.3. The van der Waals surface area contributed by atoms with Crippen molar-refractivity contribution in [1.82, 2.24) is 15.3 Å². The average Bonchev–Trinajstić information content (AvgIpc) is 3.08. The number of aliphatic carboxylic acids is 2. The number of carboxylic acids is 2. The Morgan fingerprint density at radius 1 is 1.32 bits per heavy atom. The third-order valence-corrected chi connectivity index (χ3v) is 3.04. The number of aromatic nitrogens is 2. The van der Waals surface area contributed by atoms with Gasteiger partial charge in [0.25, 0.3) is 0 Å². The van der Waals surface area contributed by atoms with E-state index in [1.165, 1.54) is 0 Å². The Kier molecular flexibility index (Phi) is 12.0. The number of aryl methyl sites for hydroxylation is 1. The minimum Gasteiger partial charge on any atom is -0.478 e. The van der Waals surface area contributed by atoms with Crippen molar-refractivity contribution in [2.45, 2.75) is 33.1 Å². The number of hydrogen-bond donors (Lipinski definition) is 4. The number of nitrogens with one attached hydrogen (secondary N) is 2. The molecule has 0 aliphatic carbocycles. The van der Waals surface area contributed by atoms with Crippen molar-refractivity contribution < 1.29 is 29.3 Å². The molecule has 9 heteroatoms. The Hall–Kier alpha value is -2.84. The predicted octanol–water partition coefficient (Wildman–Crippen LogP) is 1.83. The molecule has 25 heavy (non-hydrogen) atoms. The van der Waals surface area contributed by atoms with E-state index in [0.717, 1.165) is 25.0 Å². The molecule has 1 atom stereocenters. The van der Waals surface area contributed by atoms with Gasteiger partial charge >= 0.3 is 18.0 Å². The summed E-state index contributed by atoms with van der Waals surface area (Å²) in [5, 5.41) is 18.4. The number of ether oxygens (including phenoxy) is 1. The molecule has 0 aliphatic heterocycles. The average molecular weight is 355 g/mol. The fraction of sp³-hybridized carbons (Fsp3) is 0.500. The van der Waals surface area contributed by atoms with E-state index in [4.69, 9.17) is 14.9 Å². The molecule has 0 aliphatic rings. The number of H-pyrrole nitrogens is 1. The van der Waals surface area contributed by atoms with Crippen molar-refractivity contribution in [3.8, 4) is 0 Å². The number of aromatic amines is 1. The Morgan fingerprint density at radius 2 is 1.96 bits per heavy atom. The normalized spacial score (nSPS) is 11.3. The van der Waals surface area contributed by atoms with Gasteiger partial charge in [-0.2, -0.15) is 0 Å². The molecular weight excluding hydrogens is 330 g/mol. The summed E-state index contributed by atoms with van der Waals surface area (Å²) >= 11 is 0. The highest BCUT2D eigenvalue weighted by Gasteiger charge is 2.04. The van der Waals surface area contributed by atoms with E-state index in [1.807, 2.05) is 0 Å². The Morgan fingerprint density at radius 3 is 2.44 bits per heavy atom. The van der Waals surface area contributed by atoms with Gasteiger partial charge in [-0.05, 0) is 18.8 Å². The number of alkyl carbamates (subject to hydrolysis) is 1. The minimum atomic E-state index is -1.26. The second-order valence-electron chi connectivity index (χ2n) is 5.22. The molecule has 0 unspecified atom stereocenters. The van der Waals surface area contributed by atoms with Gasteiger partial charge in [0.15, 0.2) is 0 Å². The second-order valence-corrected chi connectivity index (χ2v) is 5.22. The maximum atomic E-state index is 11.3. The Balaban J connectivity index is 0.000000609. The lowest BCUT2D eigenvalue weighted by Crippen LogP contribution is -2.29. The van der Waals surface area contributed by atoms with Crippen molar-refractivity contribution in [3.63, 3.8) is 0 Å². The highest BCUT2D eigenvalue weighted by Crippen LogP contribution is 1.99. The molecule has 0 bridgehead atoms. The summed E-state index contributed by atoms with van der Waals surface area (Å²) in [5.41, 5.74) is 1.06. The second kappa shape index (κ2) is 13.6. The van der Waals surface area contributed by atoms with Crippen LogP contribution in [-0.2, 0) is 20.7 Å². The van der Waals surface area contributed by atoms with E-state index < -0.39 is 11.9 Å². The van der Waals surface area contributed by atoms with Crippen LogP contribution in [0.3, 0.4) is 0 Å². The summed E-state index contributed by atoms with van der Waals surface area (Å²) in [7, 11) is 0. The quantitative estimate of drug-likeness (QED) is 0.391. The van der Waals surface area contributed by atoms with Crippen LogP contribution in [0.4, 0.5) is 4.79 Å². The number of imidazole rings is 1. The first kappa shape index (κ1) is 22.2. The highest BCUT2D eigenvalue weighted by molar-refractivity contribution is 5.89. The van der Waals surface area contributed by atoms with Crippen molar-refractivity contribution in [1.29, 1.82) is 0 Å². The van der Waals surface area contributed by atoms with E-state index in [2.05, 4.69) is 29.1 Å². The number of carboxylic acid groups (broad SMARTS) is 2. The molecule has 1 heterocycles. The van der Waals surface area contributed by atoms with Crippen LogP contribution in [0.25, 0.3) is 0 Å². The first-order valence-corrected chi connectivity index (χ1v) is 7.86. The molecule has 0 aromatic carbocycles. The third-order valence-electron chi connectivity index (χ3n) is 3.04. The molecule has 1 amide bonds. The zero-order chi connectivity index (χ0) is 19.1. The van der Waals surface area contributed by atoms with Crippen LogP contribution >= 0.6 is 0 Å². The number of amides is 1. The van der Waals surface area contributed by atoms with Crippen molar-refractivity contribution in [2.75, 3.05) is 13.2 Å². The SMILES string of the molecule is CC[C@H](C)CNC(=O)OCCCc1cnc[nH]1.O=C(O)/C=C/C(=O)O. The van der Waals surface area contributed by atoms with Crippen molar-refractivity contribution in [3.05, 3.63) is 30.4 Å². The van der Waals surface area contributed by atoms with Crippen LogP contribution in [0.2, 0.25) is 0 Å². The molecule has 1 rings (SSSR count). The molecule has 0 fully saturated rings. The summed E-state index contributed by atoms with van der Waals surface area (Å²) in [6, 6.07) is 0. The Labute approximate surface area is 146 Å². The van der Waals surface area contributed by atoms with Crippen molar-refractivity contribution in [2.24, 2.45) is 5.92 Å². The van der Waals surface area contributed by atoms with Gasteiger partial charge in [-0.25, -0.2) is 19.4 Å². The smallest absolute Gasteiger partial charge is 0.407 e. The lowest BCUT2D eigenvalue weighted by molar-refractivity contribution is -0.134. The lowest BCUT2D eigenvalue weighted by Gasteiger charge is -2.10. The largest absolute Gasteiger partial charge is 0.478 e. The molecule has 9 nitrogen and oxygen atoms in total. The van der Waals surface area contributed by atoms with Crippen LogP contribution in [0.5, 0.6) is 0 Å². The standard InChI is InChI=1S/C12H21N3O2.C4H4O4/c1-3-10(2)7-14-12(16)17-6-4-5-11-8-13-9-15-11;5-3(6)1-2-4(7)8/h8-10H,3-7H2,1-2H3,(H,13,15)(H,14,16);1-2H,(H,5,6)(H,7,8)/b;2-1+/t10-;/m0./s1. The van der Waals surface area contributed by atoms with E-state index >= 15 is 0 Å². The molecule has 0 radical (unpaired) electrons. The number of carbonyl (C=O) groups is 3. The van der Waals surface area contributed by atoms with E-state index in [9.17, 15) is 14.4 Å². The number of carbonyl (C=O) groups excluding carboxylic acids is 1. The monoisotopic (exact) mass is 355 g/mol. The van der Waals surface area contributed by atoms with Crippen LogP contribution in [0.15, 0.2) is 24.7 Å². The first-order chi connectivity index (χ1) is 11.8. The van der Waals surface area contributed by atoms with Gasteiger partial charge in [-0.15, -0.1) is 0 Å². The lowest BCUT2D eigenvalue weighted by atomic mass is 10.1. The summed E-state index contributed by atoms with van der Waals surface area (Å²) < 4.78 is 5.05. The molecule has 140 valence electrons. The van der Waals surface area contributed by atoms with Crippen LogP contribution in [-0.4, -0.2) is 51.4 Å². The molecule has 1 aromatic rings. The molecule has 0 spiro atoms. The summed E-state index contributed by atoms with van der Waals surface area (Å²) in [4.78, 5) is 37.3. The van der Waals surface area contributed by atoms with Gasteiger partial charge < -0.3 is 25.3 Å². The highest BCUT2D eigenvalue weighted by atomic mass is 16.5. The Bertz CT molecular complexity index is 526. The number of hydrogen-bond acceptors (Lipinski definition) is 5. The van der Waals surface area contributed by atoms with Gasteiger partial charge in [0.1, 0.15) is 0 Å². The van der Waals surface area contributed by atoms with Gasteiger partial charge in [-0.1, -0.05) is 20.3 Å². The zero-order valence-electron chi connectivity index (χ0n) is 14.4. The number of nitrogens with zero attached hydrogens (tertiary/aromatic N) is 1. The molecule has 0 saturated heterocycles. The van der Waals surface area contributed by atoms with Crippen LogP contribution < -0.4 is 5.32 Å². The van der Waals surface area contributed by atoms with Gasteiger partial charge in [0.2, 0.25) is 0 Å². The molecular formula is C16H25N3O6. The molecule has 0 saturated carbocycles. The summed E-state index contributed by atoms with van der Waals surface area (Å²) in [6.45, 7) is 5.31. The van der Waals surface area contributed by atoms with E-state index in [-0.39, 0.29) is 6.09 Å². The third kappa shape index (κ3) is 14.5. The first-order valence-electron chi connectivity index (χ1n) is 7.86. The summed E-state index contributed by atoms with van der Waals surface area (Å²) in [5.74, 6) is -2.02. The summed E-state index contributed by atoms with van der Waals surface area (Å²) in [6.07, 6.45) is 6.93. The maximum Gasteiger partial charge on any atom is 0.407 e. The van der Waals surface area contributed by atoms with Gasteiger partial charge in [0.05, 0.1) is 12.9 Å². The van der Waals surface area contributed by atoms with Crippen LogP contribution in [0.1, 0.15) is 32.4 Å². The topological polar surface area (TPSA) is 142 Å². The van der Waals surface area contributed by atoms with E-state index in [1.54, 1.807) is 12.5 Å².